The van der Waals surface area contributed by atoms with Gasteiger partial charge in [-0.25, -0.2) is 13.1 Å². The van der Waals surface area contributed by atoms with E-state index >= 15 is 0 Å². The van der Waals surface area contributed by atoms with Gasteiger partial charge in [0.2, 0.25) is 10.0 Å². The molecule has 0 bridgehead atoms. The van der Waals surface area contributed by atoms with Crippen molar-refractivity contribution < 1.29 is 18.1 Å². The summed E-state index contributed by atoms with van der Waals surface area (Å²) < 4.78 is 31.2. The van der Waals surface area contributed by atoms with Crippen LogP contribution < -0.4 is 15.2 Å². The largest absolute Gasteiger partial charge is 0.497 e. The van der Waals surface area contributed by atoms with Crippen molar-refractivity contribution in [2.75, 3.05) is 13.7 Å². The summed E-state index contributed by atoms with van der Waals surface area (Å²) in [6.07, 6.45) is 0.434. The van der Waals surface area contributed by atoms with E-state index in [-0.39, 0.29) is 30.7 Å². The fraction of sp³-hybridized carbons (Fsp3) is 0.455. The first-order valence-corrected chi connectivity index (χ1v) is 7.34. The molecule has 0 amide bonds. The van der Waals surface area contributed by atoms with Gasteiger partial charge in [0.05, 0.1) is 18.1 Å². The summed E-state index contributed by atoms with van der Waals surface area (Å²) in [5, 5.41) is 11.0. The van der Waals surface area contributed by atoms with Crippen LogP contribution in [0.15, 0.2) is 23.1 Å². The Bertz CT molecular complexity index is 592. The number of sulfonamides is 1. The van der Waals surface area contributed by atoms with Crippen molar-refractivity contribution in [3.8, 4) is 5.75 Å². The number of nitro benzene ring substituents is 1. The van der Waals surface area contributed by atoms with E-state index in [2.05, 4.69) is 4.72 Å². The smallest absolute Gasteiger partial charge is 0.293 e. The summed E-state index contributed by atoms with van der Waals surface area (Å²) in [7, 11) is -2.62. The van der Waals surface area contributed by atoms with Crippen LogP contribution in [0.3, 0.4) is 0 Å². The van der Waals surface area contributed by atoms with E-state index in [0.29, 0.717) is 6.42 Å². The van der Waals surface area contributed by atoms with Crippen molar-refractivity contribution in [3.05, 3.63) is 28.3 Å². The summed E-state index contributed by atoms with van der Waals surface area (Å²) in [5.74, 6) is 0.214. The maximum Gasteiger partial charge on any atom is 0.293 e. The van der Waals surface area contributed by atoms with Crippen LogP contribution in [-0.2, 0) is 10.0 Å². The van der Waals surface area contributed by atoms with Crippen LogP contribution in [0.25, 0.3) is 0 Å². The minimum Gasteiger partial charge on any atom is -0.497 e. The third kappa shape index (κ3) is 5.46. The number of nitrogens with zero attached hydrogens (tertiary/aromatic N) is 1. The van der Waals surface area contributed by atoms with Crippen LogP contribution in [0.1, 0.15) is 13.3 Å². The number of rotatable bonds is 7. The summed E-state index contributed by atoms with van der Waals surface area (Å²) in [4.78, 5) is 9.80. The normalized spacial score (nSPS) is 12.3. The second-order valence-corrected chi connectivity index (χ2v) is 5.99. The highest BCUT2D eigenvalue weighted by Gasteiger charge is 2.26. The van der Waals surface area contributed by atoms with Gasteiger partial charge >= 0.3 is 0 Å². The average molecular weight is 340 g/mol. The number of halogens is 1. The molecule has 0 heterocycles. The lowest BCUT2D eigenvalue weighted by molar-refractivity contribution is -0.387. The molecule has 0 radical (unpaired) electrons. The van der Waals surface area contributed by atoms with Crippen molar-refractivity contribution in [1.29, 1.82) is 0 Å². The number of hydrogen-bond donors (Lipinski definition) is 2. The zero-order chi connectivity index (χ0) is 15.3. The molecule has 8 nitrogen and oxygen atoms in total. The Morgan fingerprint density at radius 3 is 2.57 bits per heavy atom. The van der Waals surface area contributed by atoms with E-state index in [1.54, 1.807) is 6.92 Å². The van der Waals surface area contributed by atoms with Crippen molar-refractivity contribution in [2.24, 2.45) is 5.73 Å². The topological polar surface area (TPSA) is 125 Å². The molecule has 1 atom stereocenters. The highest BCUT2D eigenvalue weighted by molar-refractivity contribution is 7.89. The van der Waals surface area contributed by atoms with Crippen LogP contribution in [0.4, 0.5) is 5.69 Å². The fourth-order valence-corrected chi connectivity index (χ4v) is 2.69. The summed E-state index contributed by atoms with van der Waals surface area (Å²) in [5.41, 5.74) is 4.99. The third-order valence-corrected chi connectivity index (χ3v) is 4.05. The number of benzene rings is 1. The molecule has 120 valence electrons. The SMILES string of the molecule is COc1ccc(S(=O)(=O)NCCC(C)N)c([N+](=O)[O-])c1.Cl. The fourth-order valence-electron chi connectivity index (χ4n) is 1.49. The number of ether oxygens (including phenoxy) is 1. The predicted octanol–water partition coefficient (Wildman–Crippen LogP) is 1.04. The Hall–Kier alpha value is -1.42. The lowest BCUT2D eigenvalue weighted by atomic mass is 10.3. The minimum atomic E-state index is -3.96. The van der Waals surface area contributed by atoms with Gasteiger partial charge in [0.1, 0.15) is 5.75 Å². The quantitative estimate of drug-likeness (QED) is 0.565. The van der Waals surface area contributed by atoms with Gasteiger partial charge in [-0.1, -0.05) is 0 Å². The molecule has 21 heavy (non-hydrogen) atoms. The predicted molar refractivity (Wildman–Crippen MR) is 80.4 cm³/mol. The van der Waals surface area contributed by atoms with Crippen molar-refractivity contribution in [2.45, 2.75) is 24.3 Å². The number of hydrogen-bond acceptors (Lipinski definition) is 6. The molecule has 1 aromatic carbocycles. The van der Waals surface area contributed by atoms with Gasteiger partial charge in [0, 0.05) is 12.6 Å². The minimum absolute atomic E-state index is 0. The molecule has 0 fully saturated rings. The van der Waals surface area contributed by atoms with E-state index in [1.807, 2.05) is 0 Å². The molecule has 0 spiro atoms. The highest BCUT2D eigenvalue weighted by Crippen LogP contribution is 2.28. The molecule has 1 unspecified atom stereocenters. The molecule has 0 aliphatic rings. The van der Waals surface area contributed by atoms with Gasteiger partial charge in [0.15, 0.2) is 4.90 Å². The molecule has 0 saturated heterocycles. The lowest BCUT2D eigenvalue weighted by Crippen LogP contribution is -2.29. The van der Waals surface area contributed by atoms with Crippen molar-refractivity contribution in [3.63, 3.8) is 0 Å². The summed E-state index contributed by atoms with van der Waals surface area (Å²) in [6.45, 7) is 1.85. The van der Waals surface area contributed by atoms with E-state index in [9.17, 15) is 18.5 Å². The van der Waals surface area contributed by atoms with Crippen LogP contribution in [0.5, 0.6) is 5.75 Å². The van der Waals surface area contributed by atoms with E-state index in [0.717, 1.165) is 12.1 Å². The van der Waals surface area contributed by atoms with E-state index < -0.39 is 25.5 Å². The zero-order valence-corrected chi connectivity index (χ0v) is 13.2. The average Bonchev–Trinajstić information content (AvgIpc) is 2.37. The second-order valence-electron chi connectivity index (χ2n) is 4.25. The first-order valence-electron chi connectivity index (χ1n) is 5.85. The molecule has 0 aliphatic carbocycles. The van der Waals surface area contributed by atoms with Gasteiger partial charge in [-0.2, -0.15) is 0 Å². The van der Waals surface area contributed by atoms with E-state index in [1.165, 1.54) is 13.2 Å². The van der Waals surface area contributed by atoms with E-state index in [4.69, 9.17) is 10.5 Å². The van der Waals surface area contributed by atoms with Gasteiger partial charge in [-0.15, -0.1) is 12.4 Å². The van der Waals surface area contributed by atoms with Crippen LogP contribution in [-0.4, -0.2) is 33.0 Å². The molecular formula is C11H18ClN3O5S. The Balaban J connectivity index is 0.00000400. The first kappa shape index (κ1) is 19.6. The van der Waals surface area contributed by atoms with Crippen LogP contribution in [0, 0.1) is 10.1 Å². The Labute approximate surface area is 129 Å². The van der Waals surface area contributed by atoms with Gasteiger partial charge in [-0.05, 0) is 25.5 Å². The molecular weight excluding hydrogens is 322 g/mol. The number of nitrogens with one attached hydrogen (secondary N) is 1. The number of methoxy groups -OCH3 is 1. The van der Waals surface area contributed by atoms with Gasteiger partial charge in [0.25, 0.3) is 5.69 Å². The standard InChI is InChI=1S/C11H17N3O5S.ClH/c1-8(12)5-6-13-20(17,18)11-4-3-9(19-2)7-10(11)14(15)16;/h3-4,7-8,13H,5-6,12H2,1-2H3;1H. The number of nitro groups is 1. The third-order valence-electron chi connectivity index (χ3n) is 2.54. The zero-order valence-electron chi connectivity index (χ0n) is 11.6. The van der Waals surface area contributed by atoms with Gasteiger partial charge in [-0.3, -0.25) is 10.1 Å². The molecule has 1 aromatic rings. The summed E-state index contributed by atoms with van der Waals surface area (Å²) >= 11 is 0. The molecule has 0 aromatic heterocycles. The van der Waals surface area contributed by atoms with Crippen LogP contribution in [0.2, 0.25) is 0 Å². The molecule has 1 rings (SSSR count). The van der Waals surface area contributed by atoms with Crippen molar-refractivity contribution in [1.82, 2.24) is 4.72 Å². The maximum absolute atomic E-state index is 12.0. The Kier molecular flexibility index (Phi) is 7.58. The molecule has 0 saturated carbocycles. The molecule has 3 N–H and O–H groups in total. The maximum atomic E-state index is 12.0. The molecule has 0 aliphatic heterocycles. The Morgan fingerprint density at radius 1 is 1.48 bits per heavy atom. The first-order chi connectivity index (χ1) is 9.27. The monoisotopic (exact) mass is 339 g/mol. The Morgan fingerprint density at radius 2 is 2.10 bits per heavy atom. The lowest BCUT2D eigenvalue weighted by Gasteiger charge is -2.09. The van der Waals surface area contributed by atoms with Crippen LogP contribution >= 0.6 is 12.4 Å². The van der Waals surface area contributed by atoms with Gasteiger partial charge < -0.3 is 10.5 Å². The second kappa shape index (κ2) is 8.13. The number of nitrogens with two attached hydrogens (primary N) is 1. The van der Waals surface area contributed by atoms with Crippen molar-refractivity contribution >= 4 is 28.1 Å². The summed E-state index contributed by atoms with van der Waals surface area (Å²) in [6, 6.07) is 3.40. The molecule has 10 heteroatoms. The highest BCUT2D eigenvalue weighted by atomic mass is 35.5.